The van der Waals surface area contributed by atoms with Crippen LogP contribution in [0.2, 0.25) is 0 Å². The molecule has 0 aliphatic heterocycles. The third-order valence-electron chi connectivity index (χ3n) is 5.15. The van der Waals surface area contributed by atoms with Crippen molar-refractivity contribution < 1.29 is 0 Å². The monoisotopic (exact) mass is 348 g/mol. The van der Waals surface area contributed by atoms with Crippen LogP contribution in [0.3, 0.4) is 0 Å². The van der Waals surface area contributed by atoms with E-state index in [4.69, 9.17) is 0 Å². The predicted octanol–water partition coefficient (Wildman–Crippen LogP) is 7.18. The molecule has 0 saturated heterocycles. The summed E-state index contributed by atoms with van der Waals surface area (Å²) in [5.74, 6) is 0. The number of rotatable bonds is 3. The highest BCUT2D eigenvalue weighted by molar-refractivity contribution is 6.02. The predicted molar refractivity (Wildman–Crippen MR) is 117 cm³/mol. The van der Waals surface area contributed by atoms with Crippen LogP contribution in [-0.2, 0) is 0 Å². The van der Waals surface area contributed by atoms with Crippen LogP contribution in [-0.4, -0.2) is 0 Å². The normalized spacial score (nSPS) is 15.0. The molecule has 0 spiro atoms. The Morgan fingerprint density at radius 2 is 1.19 bits per heavy atom. The summed E-state index contributed by atoms with van der Waals surface area (Å²) in [6, 6.07) is 25.8. The van der Waals surface area contributed by atoms with Gasteiger partial charge in [-0.05, 0) is 83.5 Å². The fourth-order valence-electron chi connectivity index (χ4n) is 3.88. The highest BCUT2D eigenvalue weighted by Gasteiger charge is 2.16. The minimum atomic E-state index is 1.26. The zero-order chi connectivity index (χ0) is 18.8. The molecule has 3 aromatic carbocycles. The second kappa shape index (κ2) is 7.25. The van der Waals surface area contributed by atoms with Crippen molar-refractivity contribution in [3.63, 3.8) is 0 Å². The summed E-state index contributed by atoms with van der Waals surface area (Å²) in [5, 5.41) is 0. The van der Waals surface area contributed by atoms with E-state index in [-0.39, 0.29) is 0 Å². The van der Waals surface area contributed by atoms with E-state index in [1.165, 1.54) is 50.1 Å². The molecule has 4 rings (SSSR count). The molecule has 0 fully saturated rings. The van der Waals surface area contributed by atoms with Gasteiger partial charge in [-0.25, -0.2) is 0 Å². The molecule has 0 saturated carbocycles. The molecule has 0 aromatic heterocycles. The highest BCUT2D eigenvalue weighted by Crippen LogP contribution is 2.38. The third-order valence-corrected chi connectivity index (χ3v) is 5.15. The van der Waals surface area contributed by atoms with Crippen molar-refractivity contribution in [3.8, 4) is 0 Å². The number of hydrogen-bond acceptors (Lipinski definition) is 0. The first-order valence-electron chi connectivity index (χ1n) is 9.46. The molecular formula is C27H24. The Morgan fingerprint density at radius 3 is 1.78 bits per heavy atom. The molecule has 0 radical (unpaired) electrons. The van der Waals surface area contributed by atoms with Gasteiger partial charge in [0.25, 0.3) is 0 Å². The van der Waals surface area contributed by atoms with E-state index >= 15 is 0 Å². The van der Waals surface area contributed by atoms with Gasteiger partial charge in [-0.2, -0.15) is 0 Å². The van der Waals surface area contributed by atoms with Gasteiger partial charge in [0, 0.05) is 0 Å². The van der Waals surface area contributed by atoms with E-state index in [1.54, 1.807) is 0 Å². The fourth-order valence-corrected chi connectivity index (χ4v) is 3.88. The molecule has 0 heteroatoms. The fraction of sp³-hybridized carbons (Fsp3) is 0.111. The van der Waals surface area contributed by atoms with Gasteiger partial charge in [-0.1, -0.05) is 78.4 Å². The van der Waals surface area contributed by atoms with Crippen molar-refractivity contribution >= 4 is 17.2 Å². The van der Waals surface area contributed by atoms with Gasteiger partial charge in [0.2, 0.25) is 0 Å². The maximum absolute atomic E-state index is 2.35. The van der Waals surface area contributed by atoms with Gasteiger partial charge in [-0.15, -0.1) is 0 Å². The Kier molecular flexibility index (Phi) is 4.64. The Morgan fingerprint density at radius 1 is 0.630 bits per heavy atom. The van der Waals surface area contributed by atoms with Gasteiger partial charge in [-0.3, -0.25) is 0 Å². The average molecular weight is 348 g/mol. The van der Waals surface area contributed by atoms with Gasteiger partial charge in [0.15, 0.2) is 0 Å². The summed E-state index contributed by atoms with van der Waals surface area (Å²) in [7, 11) is 0. The van der Waals surface area contributed by atoms with E-state index in [2.05, 4.69) is 112 Å². The first kappa shape index (κ1) is 17.3. The lowest BCUT2D eigenvalue weighted by molar-refractivity contribution is 1.30. The standard InChI is InChI=1S/C27H24/c1-19-14-20(2)26(21(3)15-19)18-25-16-24(22-10-6-4-7-11-22)17-27(25)23-12-8-5-9-13-23/h4-18H,1-3H3/b25-18+. The van der Waals surface area contributed by atoms with Crippen molar-refractivity contribution in [2.75, 3.05) is 0 Å². The largest absolute Gasteiger partial charge is 0.0622 e. The minimum absolute atomic E-state index is 1.26. The first-order chi connectivity index (χ1) is 13.1. The second-order valence-corrected chi connectivity index (χ2v) is 7.30. The van der Waals surface area contributed by atoms with Crippen molar-refractivity contribution in [1.82, 2.24) is 0 Å². The topological polar surface area (TPSA) is 0 Å². The number of hydrogen-bond donors (Lipinski definition) is 0. The maximum Gasteiger partial charge on any atom is -0.0105 e. The number of allylic oxidation sites excluding steroid dienone is 5. The summed E-state index contributed by atoms with van der Waals surface area (Å²) in [5.41, 5.74) is 11.6. The molecule has 27 heavy (non-hydrogen) atoms. The summed E-state index contributed by atoms with van der Waals surface area (Å²) < 4.78 is 0. The zero-order valence-electron chi connectivity index (χ0n) is 16.2. The lowest BCUT2D eigenvalue weighted by Gasteiger charge is -2.10. The smallest absolute Gasteiger partial charge is 0.0105 e. The lowest BCUT2D eigenvalue weighted by atomic mass is 9.94. The number of aryl methyl sites for hydroxylation is 3. The molecule has 3 aromatic rings. The van der Waals surface area contributed by atoms with Crippen molar-refractivity contribution in [2.45, 2.75) is 20.8 Å². The molecule has 0 atom stereocenters. The van der Waals surface area contributed by atoms with Gasteiger partial charge < -0.3 is 0 Å². The van der Waals surface area contributed by atoms with Gasteiger partial charge >= 0.3 is 0 Å². The van der Waals surface area contributed by atoms with E-state index in [9.17, 15) is 0 Å². The van der Waals surface area contributed by atoms with Crippen LogP contribution in [0.25, 0.3) is 17.2 Å². The Bertz CT molecular complexity index is 1040. The van der Waals surface area contributed by atoms with Gasteiger partial charge in [0.1, 0.15) is 0 Å². The molecule has 0 bridgehead atoms. The molecule has 1 aliphatic carbocycles. The maximum atomic E-state index is 2.35. The molecule has 132 valence electrons. The van der Waals surface area contributed by atoms with Crippen LogP contribution in [0.1, 0.15) is 33.4 Å². The Hall–Kier alpha value is -3.12. The summed E-state index contributed by atoms with van der Waals surface area (Å²) in [6.45, 7) is 6.57. The Balaban J connectivity index is 1.87. The second-order valence-electron chi connectivity index (χ2n) is 7.30. The van der Waals surface area contributed by atoms with Crippen LogP contribution < -0.4 is 0 Å². The van der Waals surface area contributed by atoms with Crippen molar-refractivity contribution in [3.05, 3.63) is 124 Å². The molecule has 0 nitrogen and oxygen atoms in total. The van der Waals surface area contributed by atoms with Crippen LogP contribution in [0.5, 0.6) is 0 Å². The van der Waals surface area contributed by atoms with E-state index in [0.717, 1.165) is 0 Å². The van der Waals surface area contributed by atoms with Crippen LogP contribution >= 0.6 is 0 Å². The molecule has 1 aliphatic rings. The van der Waals surface area contributed by atoms with Crippen LogP contribution in [0, 0.1) is 20.8 Å². The quantitative estimate of drug-likeness (QED) is 0.470. The van der Waals surface area contributed by atoms with Crippen molar-refractivity contribution in [1.29, 1.82) is 0 Å². The molecule has 0 N–H and O–H groups in total. The minimum Gasteiger partial charge on any atom is -0.0622 e. The Labute approximate surface area is 162 Å². The lowest BCUT2D eigenvalue weighted by Crippen LogP contribution is -1.91. The van der Waals surface area contributed by atoms with Crippen LogP contribution in [0.4, 0.5) is 0 Å². The summed E-state index contributed by atoms with van der Waals surface area (Å²) in [4.78, 5) is 0. The van der Waals surface area contributed by atoms with Crippen LogP contribution in [0.15, 0.2) is 90.5 Å². The van der Waals surface area contributed by atoms with E-state index < -0.39 is 0 Å². The average Bonchev–Trinajstić information content (AvgIpc) is 3.10. The molecule has 0 heterocycles. The summed E-state index contributed by atoms with van der Waals surface area (Å²) >= 11 is 0. The first-order valence-corrected chi connectivity index (χ1v) is 9.46. The third kappa shape index (κ3) is 3.57. The van der Waals surface area contributed by atoms with Gasteiger partial charge in [0.05, 0.1) is 0 Å². The zero-order valence-corrected chi connectivity index (χ0v) is 16.2. The van der Waals surface area contributed by atoms with Crippen molar-refractivity contribution in [2.24, 2.45) is 0 Å². The summed E-state index contributed by atoms with van der Waals surface area (Å²) in [6.07, 6.45) is 6.98. The van der Waals surface area contributed by atoms with E-state index in [0.29, 0.717) is 0 Å². The molecular weight excluding hydrogens is 324 g/mol. The molecule has 0 amide bonds. The highest BCUT2D eigenvalue weighted by atomic mass is 14.2. The molecule has 0 unspecified atom stereocenters. The number of benzene rings is 3. The van der Waals surface area contributed by atoms with E-state index in [1.807, 2.05) is 0 Å². The SMILES string of the molecule is Cc1cc(C)c(/C=C2\C=C(c3ccccc3)C=C2c2ccccc2)c(C)c1.